The summed E-state index contributed by atoms with van der Waals surface area (Å²) in [5.74, 6) is 0. The van der Waals surface area contributed by atoms with Crippen molar-refractivity contribution in [2.45, 2.75) is 4.90 Å². The Hall–Kier alpha value is -2.66. The first-order valence-corrected chi connectivity index (χ1v) is 7.67. The van der Waals surface area contributed by atoms with Gasteiger partial charge in [0, 0.05) is 6.07 Å². The average Bonchev–Trinajstić information content (AvgIpc) is 2.93. The van der Waals surface area contributed by atoms with Crippen molar-refractivity contribution < 1.29 is 13.3 Å². The minimum atomic E-state index is -4.21. The van der Waals surface area contributed by atoms with Gasteiger partial charge in [0.25, 0.3) is 15.7 Å². The first-order valence-electron chi connectivity index (χ1n) is 5.82. The summed E-state index contributed by atoms with van der Waals surface area (Å²) in [6, 6.07) is 5.08. The largest absolute Gasteiger partial charge is 0.330 e. The number of fused-ring (bicyclic) bond motifs is 1. The van der Waals surface area contributed by atoms with Gasteiger partial charge in [-0.15, -0.1) is 0 Å². The van der Waals surface area contributed by atoms with E-state index in [0.29, 0.717) is 0 Å². The number of para-hydroxylation sites is 1. The van der Waals surface area contributed by atoms with Crippen LogP contribution in [0.4, 0.5) is 5.69 Å². The van der Waals surface area contributed by atoms with Crippen LogP contribution in [0.3, 0.4) is 0 Å². The van der Waals surface area contributed by atoms with Crippen molar-refractivity contribution in [3.8, 4) is 0 Å². The number of nitro benzene ring substituents is 1. The van der Waals surface area contributed by atoms with Gasteiger partial charge in [0.1, 0.15) is 11.8 Å². The van der Waals surface area contributed by atoms with Crippen LogP contribution < -0.4 is 0 Å². The second-order valence-corrected chi connectivity index (χ2v) is 6.35. The summed E-state index contributed by atoms with van der Waals surface area (Å²) < 4.78 is 26.3. The lowest BCUT2D eigenvalue weighted by Gasteiger charge is -2.06. The Kier molecular flexibility index (Phi) is 3.22. The smallest absolute Gasteiger partial charge is 0.289 e. The van der Waals surface area contributed by atoms with Crippen LogP contribution in [0.25, 0.3) is 11.2 Å². The number of benzene rings is 1. The molecule has 2 aromatic heterocycles. The lowest BCUT2D eigenvalue weighted by molar-refractivity contribution is -0.387. The Morgan fingerprint density at radius 3 is 2.73 bits per heavy atom. The van der Waals surface area contributed by atoms with E-state index in [1.165, 1.54) is 18.5 Å². The monoisotopic (exact) mass is 337 g/mol. The third kappa shape index (κ3) is 2.07. The number of hydrogen-bond donors (Lipinski definition) is 1. The number of H-pyrrole nitrogens is 1. The molecule has 0 aliphatic rings. The Morgan fingerprint density at radius 1 is 1.27 bits per heavy atom. The first-order chi connectivity index (χ1) is 10.4. The molecular weight excluding hydrogens is 330 g/mol. The second-order valence-electron chi connectivity index (χ2n) is 4.18. The van der Waals surface area contributed by atoms with Crippen LogP contribution in [0.5, 0.6) is 0 Å². The highest BCUT2D eigenvalue weighted by molar-refractivity contribution is 7.90. The van der Waals surface area contributed by atoms with Crippen molar-refractivity contribution in [1.82, 2.24) is 18.9 Å². The molecule has 0 atom stereocenters. The van der Waals surface area contributed by atoms with Gasteiger partial charge in [-0.05, 0) is 6.07 Å². The van der Waals surface area contributed by atoms with E-state index >= 15 is 0 Å². The highest BCUT2D eigenvalue weighted by Gasteiger charge is 2.28. The summed E-state index contributed by atoms with van der Waals surface area (Å²) in [6.45, 7) is 0. The molecule has 9 nitrogen and oxygen atoms in total. The van der Waals surface area contributed by atoms with Gasteiger partial charge in [0.15, 0.2) is 15.2 Å². The normalized spacial score (nSPS) is 11.6. The molecule has 0 saturated heterocycles. The lowest BCUT2D eigenvalue weighted by atomic mass is 10.3. The second kappa shape index (κ2) is 4.96. The molecule has 0 bridgehead atoms. The number of hydrogen-bond acceptors (Lipinski definition) is 7. The molecule has 0 aliphatic heterocycles. The van der Waals surface area contributed by atoms with E-state index in [1.54, 1.807) is 0 Å². The topological polar surface area (TPSA) is 124 Å². The molecule has 1 N–H and O–H groups in total. The lowest BCUT2D eigenvalue weighted by Crippen LogP contribution is -2.14. The number of aromatic amines is 1. The van der Waals surface area contributed by atoms with E-state index in [1.807, 2.05) is 0 Å². The molecule has 0 amide bonds. The van der Waals surface area contributed by atoms with E-state index < -0.39 is 25.5 Å². The van der Waals surface area contributed by atoms with Gasteiger partial charge in [0.05, 0.1) is 11.3 Å². The van der Waals surface area contributed by atoms with Crippen molar-refractivity contribution in [1.29, 1.82) is 0 Å². The molecular formula is C11H7N5O4S2. The van der Waals surface area contributed by atoms with Crippen LogP contribution >= 0.6 is 12.2 Å². The molecule has 11 heteroatoms. The van der Waals surface area contributed by atoms with E-state index in [0.717, 1.165) is 22.4 Å². The zero-order chi connectivity index (χ0) is 15.9. The number of imidazole rings is 1. The molecule has 0 aliphatic carbocycles. The molecule has 3 rings (SSSR count). The van der Waals surface area contributed by atoms with E-state index in [4.69, 9.17) is 12.2 Å². The summed E-state index contributed by atoms with van der Waals surface area (Å²) in [5.41, 5.74) is -0.227. The maximum absolute atomic E-state index is 12.7. The average molecular weight is 337 g/mol. The number of rotatable bonds is 3. The minimum absolute atomic E-state index is 0.0955. The summed E-state index contributed by atoms with van der Waals surface area (Å²) in [4.78, 5) is 20.2. The van der Waals surface area contributed by atoms with Gasteiger partial charge in [-0.1, -0.05) is 24.4 Å². The number of aromatic nitrogens is 4. The van der Waals surface area contributed by atoms with Crippen molar-refractivity contribution >= 4 is 39.1 Å². The number of nitrogens with zero attached hydrogens (tertiary/aromatic N) is 4. The maximum Gasteiger partial charge on any atom is 0.289 e. The predicted molar refractivity (Wildman–Crippen MR) is 78.4 cm³/mol. The van der Waals surface area contributed by atoms with Gasteiger partial charge in [-0.3, -0.25) is 10.1 Å². The van der Waals surface area contributed by atoms with Crippen LogP contribution in [0.2, 0.25) is 0 Å². The molecule has 112 valence electrons. The molecule has 0 radical (unpaired) electrons. The first kappa shape index (κ1) is 14.3. The Morgan fingerprint density at radius 2 is 2.00 bits per heavy atom. The molecule has 2 heterocycles. The van der Waals surface area contributed by atoms with Crippen LogP contribution in [-0.2, 0) is 10.0 Å². The fourth-order valence-corrected chi connectivity index (χ4v) is 3.57. The number of nitro groups is 1. The predicted octanol–water partition coefficient (Wildman–Crippen LogP) is 1.63. The molecule has 0 unspecified atom stereocenters. The van der Waals surface area contributed by atoms with Gasteiger partial charge >= 0.3 is 0 Å². The molecule has 3 aromatic rings. The molecule has 0 spiro atoms. The van der Waals surface area contributed by atoms with Crippen LogP contribution in [0, 0.1) is 14.8 Å². The van der Waals surface area contributed by atoms with Gasteiger partial charge < -0.3 is 4.98 Å². The third-order valence-corrected chi connectivity index (χ3v) is 4.92. The van der Waals surface area contributed by atoms with Gasteiger partial charge in [-0.2, -0.15) is 0 Å². The zero-order valence-electron chi connectivity index (χ0n) is 10.7. The van der Waals surface area contributed by atoms with Crippen LogP contribution in [-0.4, -0.2) is 32.3 Å². The summed E-state index contributed by atoms with van der Waals surface area (Å²) in [6.07, 6.45) is 2.27. The van der Waals surface area contributed by atoms with Gasteiger partial charge in [-0.25, -0.2) is 22.4 Å². The summed E-state index contributed by atoms with van der Waals surface area (Å²) in [5, 5.41) is 11.0. The molecule has 0 fully saturated rings. The quantitative estimate of drug-likeness (QED) is 0.437. The fraction of sp³-hybridized carbons (Fsp3) is 0. The highest BCUT2D eigenvalue weighted by atomic mass is 32.2. The van der Waals surface area contributed by atoms with Crippen molar-refractivity contribution in [3.05, 3.63) is 51.7 Å². The van der Waals surface area contributed by atoms with E-state index in [-0.39, 0.29) is 15.8 Å². The van der Waals surface area contributed by atoms with Crippen molar-refractivity contribution in [2.24, 2.45) is 0 Å². The van der Waals surface area contributed by atoms with Crippen molar-refractivity contribution in [2.75, 3.05) is 0 Å². The minimum Gasteiger partial charge on any atom is -0.330 e. The van der Waals surface area contributed by atoms with E-state index in [9.17, 15) is 18.5 Å². The molecule has 0 saturated carbocycles. The standard InChI is InChI=1S/C11H7N5O4S2/c17-16(18)7-3-1-2-4-8(7)22(19,20)15-6-14-9-10(15)12-5-13-11(9)21/h1-6H,(H,12,13,21). The van der Waals surface area contributed by atoms with Crippen molar-refractivity contribution in [3.63, 3.8) is 0 Å². The summed E-state index contributed by atoms with van der Waals surface area (Å²) >= 11 is 4.96. The fourth-order valence-electron chi connectivity index (χ4n) is 1.95. The Bertz CT molecular complexity index is 1050. The molecule has 22 heavy (non-hydrogen) atoms. The van der Waals surface area contributed by atoms with Crippen LogP contribution in [0.1, 0.15) is 0 Å². The van der Waals surface area contributed by atoms with Gasteiger partial charge in [0.2, 0.25) is 0 Å². The number of nitrogens with one attached hydrogen (secondary N) is 1. The Balaban J connectivity index is 2.33. The Labute approximate surface area is 128 Å². The maximum atomic E-state index is 12.7. The highest BCUT2D eigenvalue weighted by Crippen LogP contribution is 2.26. The summed E-state index contributed by atoms with van der Waals surface area (Å²) in [7, 11) is -4.21. The zero-order valence-corrected chi connectivity index (χ0v) is 12.3. The molecule has 1 aromatic carbocycles. The SMILES string of the molecule is O=[N+]([O-])c1ccccc1S(=O)(=O)n1cnc2c(=S)nc[nH]c21. The third-order valence-electron chi connectivity index (χ3n) is 2.92. The van der Waals surface area contributed by atoms with E-state index in [2.05, 4.69) is 15.0 Å². The van der Waals surface area contributed by atoms with Crippen LogP contribution in [0.15, 0.2) is 41.8 Å².